The van der Waals surface area contributed by atoms with Gasteiger partial charge >= 0.3 is 0 Å². The number of nitrogens with zero attached hydrogens (tertiary/aromatic N) is 1. The van der Waals surface area contributed by atoms with Gasteiger partial charge in [0.1, 0.15) is 15.5 Å². The summed E-state index contributed by atoms with van der Waals surface area (Å²) in [6, 6.07) is 4.87. The number of nitro groups is 1. The van der Waals surface area contributed by atoms with Gasteiger partial charge in [-0.15, -0.1) is 0 Å². The Balaban J connectivity index is 2.73. The number of para-hydroxylation sites is 1. The van der Waals surface area contributed by atoms with E-state index in [1.54, 1.807) is 19.2 Å². The monoisotopic (exact) mass is 304 g/mol. The molecule has 0 fully saturated rings. The first-order valence-corrected chi connectivity index (χ1v) is 8.76. The number of benzene rings is 1. The van der Waals surface area contributed by atoms with Gasteiger partial charge in [0, 0.05) is 30.9 Å². The molecule has 0 heterocycles. The lowest BCUT2D eigenvalue weighted by molar-refractivity contribution is -0.384. The van der Waals surface area contributed by atoms with Crippen LogP contribution in [0.3, 0.4) is 0 Å². The zero-order valence-corrected chi connectivity index (χ0v) is 12.4. The predicted octanol–water partition coefficient (Wildman–Crippen LogP) is 1.91. The Morgan fingerprint density at radius 1 is 1.42 bits per heavy atom. The lowest BCUT2D eigenvalue weighted by atomic mass is 10.1. The van der Waals surface area contributed by atoms with Crippen LogP contribution in [0.2, 0.25) is 0 Å². The summed E-state index contributed by atoms with van der Waals surface area (Å²) >= 11 is 1.44. The normalized spacial score (nSPS) is 11.3. The van der Waals surface area contributed by atoms with Gasteiger partial charge in [-0.2, -0.15) is 11.8 Å². The van der Waals surface area contributed by atoms with Crippen molar-refractivity contribution in [1.82, 2.24) is 0 Å². The van der Waals surface area contributed by atoms with Crippen LogP contribution in [0.5, 0.6) is 0 Å². The van der Waals surface area contributed by atoms with Gasteiger partial charge in [-0.1, -0.05) is 12.1 Å². The third kappa shape index (κ3) is 5.07. The molecule has 6 nitrogen and oxygen atoms in total. The maximum atomic E-state index is 11.0. The van der Waals surface area contributed by atoms with Gasteiger partial charge < -0.3 is 5.32 Å². The maximum absolute atomic E-state index is 11.0. The molecule has 0 bridgehead atoms. The summed E-state index contributed by atoms with van der Waals surface area (Å²) < 4.78 is 22.0. The minimum atomic E-state index is -2.96. The molecule has 0 amide bonds. The fourth-order valence-corrected chi connectivity index (χ4v) is 3.83. The fraction of sp³-hybridized carbons (Fsp3) is 0.455. The van der Waals surface area contributed by atoms with E-state index in [2.05, 4.69) is 5.32 Å². The summed E-state index contributed by atoms with van der Waals surface area (Å²) in [5, 5.41) is 13.7. The zero-order chi connectivity index (χ0) is 14.5. The average Bonchev–Trinajstić information content (AvgIpc) is 2.32. The van der Waals surface area contributed by atoms with Crippen molar-refractivity contribution in [3.05, 3.63) is 33.9 Å². The van der Waals surface area contributed by atoms with Crippen LogP contribution in [0.25, 0.3) is 0 Å². The van der Waals surface area contributed by atoms with Crippen LogP contribution < -0.4 is 5.32 Å². The second kappa shape index (κ2) is 6.76. The average molecular weight is 304 g/mol. The zero-order valence-electron chi connectivity index (χ0n) is 10.8. The second-order valence-electron chi connectivity index (χ2n) is 4.00. The molecule has 106 valence electrons. The SMILES string of the molecule is CNc1c(CSCCS(C)(=O)=O)cccc1[N+](=O)[O-]. The highest BCUT2D eigenvalue weighted by Gasteiger charge is 2.15. The summed E-state index contributed by atoms with van der Waals surface area (Å²) in [5.41, 5.74) is 1.32. The van der Waals surface area contributed by atoms with Crippen LogP contribution in [0.1, 0.15) is 5.56 Å². The Morgan fingerprint density at radius 3 is 2.63 bits per heavy atom. The van der Waals surface area contributed by atoms with E-state index in [0.717, 1.165) is 5.56 Å². The van der Waals surface area contributed by atoms with Gasteiger partial charge in [0.2, 0.25) is 0 Å². The second-order valence-corrected chi connectivity index (χ2v) is 7.37. The molecule has 0 atom stereocenters. The first-order chi connectivity index (χ1) is 8.85. The molecule has 1 N–H and O–H groups in total. The van der Waals surface area contributed by atoms with Gasteiger partial charge in [-0.3, -0.25) is 10.1 Å². The number of rotatable bonds is 7. The van der Waals surface area contributed by atoms with E-state index in [-0.39, 0.29) is 11.4 Å². The molecule has 0 saturated heterocycles. The van der Waals surface area contributed by atoms with Crippen LogP contribution in [0, 0.1) is 10.1 Å². The van der Waals surface area contributed by atoms with Crippen molar-refractivity contribution in [2.45, 2.75) is 5.75 Å². The quantitative estimate of drug-likeness (QED) is 0.470. The molecule has 0 unspecified atom stereocenters. The molecule has 8 heteroatoms. The first kappa shape index (κ1) is 15.8. The molecule has 0 aromatic heterocycles. The number of anilines is 1. The van der Waals surface area contributed by atoms with Gasteiger partial charge in [0.15, 0.2) is 0 Å². The van der Waals surface area contributed by atoms with Crippen molar-refractivity contribution in [1.29, 1.82) is 0 Å². The third-order valence-corrected chi connectivity index (χ3v) is 4.64. The van der Waals surface area contributed by atoms with E-state index in [0.29, 0.717) is 17.2 Å². The molecule has 0 spiro atoms. The lowest BCUT2D eigenvalue weighted by Gasteiger charge is -2.09. The van der Waals surface area contributed by atoms with Crippen LogP contribution in [0.4, 0.5) is 11.4 Å². The van der Waals surface area contributed by atoms with E-state index < -0.39 is 14.8 Å². The van der Waals surface area contributed by atoms with Crippen molar-refractivity contribution in [3.63, 3.8) is 0 Å². The third-order valence-electron chi connectivity index (χ3n) is 2.43. The van der Waals surface area contributed by atoms with Crippen molar-refractivity contribution in [2.24, 2.45) is 0 Å². The molecule has 0 radical (unpaired) electrons. The summed E-state index contributed by atoms with van der Waals surface area (Å²) in [4.78, 5) is 10.4. The molecule has 0 aliphatic carbocycles. The molecule has 1 aromatic carbocycles. The number of nitro benzene ring substituents is 1. The molecule has 1 rings (SSSR count). The molecule has 0 aliphatic rings. The molecule has 19 heavy (non-hydrogen) atoms. The van der Waals surface area contributed by atoms with Crippen molar-refractivity contribution in [3.8, 4) is 0 Å². The van der Waals surface area contributed by atoms with Gasteiger partial charge in [-0.25, -0.2) is 8.42 Å². The molecular weight excluding hydrogens is 288 g/mol. The first-order valence-electron chi connectivity index (χ1n) is 5.54. The Labute approximate surface area is 116 Å². The lowest BCUT2D eigenvalue weighted by Crippen LogP contribution is -2.05. The number of hydrogen-bond acceptors (Lipinski definition) is 6. The Kier molecular flexibility index (Phi) is 5.61. The van der Waals surface area contributed by atoms with Crippen LogP contribution in [-0.4, -0.2) is 38.2 Å². The summed E-state index contributed by atoms with van der Waals surface area (Å²) in [6.45, 7) is 0. The summed E-state index contributed by atoms with van der Waals surface area (Å²) in [7, 11) is -1.33. The van der Waals surface area contributed by atoms with Crippen molar-refractivity contribution < 1.29 is 13.3 Å². The minimum Gasteiger partial charge on any atom is -0.382 e. The standard InChI is InChI=1S/C11H16N2O4S2/c1-12-11-9(4-3-5-10(11)13(14)15)8-18-6-7-19(2,16)17/h3-5,12H,6-8H2,1-2H3. The largest absolute Gasteiger partial charge is 0.382 e. The maximum Gasteiger partial charge on any atom is 0.292 e. The number of nitrogens with one attached hydrogen (secondary N) is 1. The highest BCUT2D eigenvalue weighted by atomic mass is 32.2. The number of thioether (sulfide) groups is 1. The predicted molar refractivity (Wildman–Crippen MR) is 78.5 cm³/mol. The van der Waals surface area contributed by atoms with Gasteiger partial charge in [-0.05, 0) is 5.56 Å². The minimum absolute atomic E-state index is 0.0312. The van der Waals surface area contributed by atoms with E-state index in [1.165, 1.54) is 24.1 Å². The smallest absolute Gasteiger partial charge is 0.292 e. The van der Waals surface area contributed by atoms with Gasteiger partial charge in [0.25, 0.3) is 5.69 Å². The fourth-order valence-electron chi connectivity index (χ4n) is 1.54. The Hall–Kier alpha value is -1.28. The molecule has 0 aliphatic heterocycles. The summed E-state index contributed by atoms with van der Waals surface area (Å²) in [6.07, 6.45) is 1.19. The molecule has 1 aromatic rings. The number of hydrogen-bond donors (Lipinski definition) is 1. The van der Waals surface area contributed by atoms with Crippen molar-refractivity contribution in [2.75, 3.05) is 30.1 Å². The highest BCUT2D eigenvalue weighted by molar-refractivity contribution is 7.99. The number of sulfone groups is 1. The Bertz CT molecular complexity index is 558. The Morgan fingerprint density at radius 2 is 2.11 bits per heavy atom. The van der Waals surface area contributed by atoms with Crippen molar-refractivity contribution >= 4 is 33.0 Å². The highest BCUT2D eigenvalue weighted by Crippen LogP contribution is 2.30. The molecule has 0 saturated carbocycles. The molecular formula is C11H16N2O4S2. The van der Waals surface area contributed by atoms with E-state index in [4.69, 9.17) is 0 Å². The van der Waals surface area contributed by atoms with Crippen LogP contribution in [-0.2, 0) is 15.6 Å². The van der Waals surface area contributed by atoms with Gasteiger partial charge in [0.05, 0.1) is 10.7 Å². The van der Waals surface area contributed by atoms with E-state index in [9.17, 15) is 18.5 Å². The summed E-state index contributed by atoms with van der Waals surface area (Å²) in [5.74, 6) is 1.12. The van der Waals surface area contributed by atoms with E-state index in [1.807, 2.05) is 0 Å². The topological polar surface area (TPSA) is 89.3 Å². The van der Waals surface area contributed by atoms with Crippen LogP contribution in [0.15, 0.2) is 18.2 Å². The van der Waals surface area contributed by atoms with E-state index >= 15 is 0 Å². The van der Waals surface area contributed by atoms with Crippen LogP contribution >= 0.6 is 11.8 Å².